The fraction of sp³-hybridized carbons (Fsp3) is 0.385. The van der Waals surface area contributed by atoms with Crippen molar-refractivity contribution in [2.24, 2.45) is 0 Å². The zero-order valence-electron chi connectivity index (χ0n) is 12.0. The van der Waals surface area contributed by atoms with Crippen LogP contribution in [0.25, 0.3) is 0 Å². The molecule has 2 aromatic rings. The number of hydrogen-bond donors (Lipinski definition) is 1. The Morgan fingerprint density at radius 3 is 2.79 bits per heavy atom. The number of nitrogens with one attached hydrogen (secondary N) is 1. The van der Waals surface area contributed by atoms with Crippen LogP contribution in [0.5, 0.6) is 0 Å². The van der Waals surface area contributed by atoms with Gasteiger partial charge in [-0.1, -0.05) is 0 Å². The number of alkyl halides is 4. The lowest BCUT2D eigenvalue weighted by molar-refractivity contribution is -0.141. The highest BCUT2D eigenvalue weighted by Gasteiger charge is 2.46. The highest BCUT2D eigenvalue weighted by Crippen LogP contribution is 2.32. The molecule has 1 fully saturated rings. The molecule has 6 nitrogen and oxygen atoms in total. The van der Waals surface area contributed by atoms with E-state index in [2.05, 4.69) is 20.3 Å². The lowest BCUT2D eigenvalue weighted by Gasteiger charge is -2.20. The van der Waals surface area contributed by atoms with Gasteiger partial charge in [0.05, 0.1) is 6.54 Å². The minimum absolute atomic E-state index is 0.0309. The van der Waals surface area contributed by atoms with Crippen molar-refractivity contribution >= 4 is 28.3 Å². The lowest BCUT2D eigenvalue weighted by Crippen LogP contribution is -2.41. The van der Waals surface area contributed by atoms with Crippen LogP contribution in [0.2, 0.25) is 0 Å². The van der Waals surface area contributed by atoms with Crippen molar-refractivity contribution in [3.63, 3.8) is 0 Å². The molecule has 3 heterocycles. The van der Waals surface area contributed by atoms with Gasteiger partial charge in [-0.3, -0.25) is 10.1 Å². The first-order chi connectivity index (χ1) is 11.3. The van der Waals surface area contributed by atoms with Crippen LogP contribution >= 0.6 is 11.3 Å². The summed E-state index contributed by atoms with van der Waals surface area (Å²) >= 11 is 1.14. The SMILES string of the molecule is O=C(Nc1nccs1)C1(F)CCN(c2nccc(C(F)(F)F)n2)C1. The molecule has 1 aliphatic heterocycles. The number of rotatable bonds is 3. The summed E-state index contributed by atoms with van der Waals surface area (Å²) in [5.41, 5.74) is -3.36. The Bertz CT molecular complexity index is 738. The van der Waals surface area contributed by atoms with Crippen molar-refractivity contribution < 1.29 is 22.4 Å². The van der Waals surface area contributed by atoms with Gasteiger partial charge in [-0.25, -0.2) is 19.3 Å². The second-order valence-electron chi connectivity index (χ2n) is 5.17. The summed E-state index contributed by atoms with van der Waals surface area (Å²) in [4.78, 5) is 24.3. The van der Waals surface area contributed by atoms with Gasteiger partial charge in [-0.2, -0.15) is 13.2 Å². The van der Waals surface area contributed by atoms with E-state index in [0.29, 0.717) is 0 Å². The van der Waals surface area contributed by atoms with Gasteiger partial charge in [0.1, 0.15) is 5.69 Å². The Hall–Kier alpha value is -2.30. The van der Waals surface area contributed by atoms with Crippen LogP contribution in [-0.2, 0) is 11.0 Å². The maximum absolute atomic E-state index is 14.8. The summed E-state index contributed by atoms with van der Waals surface area (Å²) in [6, 6.07) is 0.734. The van der Waals surface area contributed by atoms with E-state index in [0.717, 1.165) is 23.6 Å². The van der Waals surface area contributed by atoms with E-state index in [9.17, 15) is 22.4 Å². The van der Waals surface area contributed by atoms with E-state index in [4.69, 9.17) is 0 Å². The van der Waals surface area contributed by atoms with Crippen molar-refractivity contribution in [2.75, 3.05) is 23.3 Å². The Balaban J connectivity index is 1.74. The van der Waals surface area contributed by atoms with Gasteiger partial charge in [0.15, 0.2) is 5.13 Å². The predicted molar refractivity (Wildman–Crippen MR) is 78.4 cm³/mol. The van der Waals surface area contributed by atoms with Crippen LogP contribution in [0.1, 0.15) is 12.1 Å². The standard InChI is InChI=1S/C13H11F4N5OS/c14-12(9(23)21-11-19-4-6-24-11)2-5-22(7-12)10-18-3-1-8(20-10)13(15,16)17/h1,3-4,6H,2,5,7H2,(H,19,21,23). The summed E-state index contributed by atoms with van der Waals surface area (Å²) < 4.78 is 52.9. The van der Waals surface area contributed by atoms with Gasteiger partial charge in [0.2, 0.25) is 11.6 Å². The molecule has 2 aromatic heterocycles. The maximum Gasteiger partial charge on any atom is 0.433 e. The number of carbonyl (C=O) groups excluding carboxylic acids is 1. The van der Waals surface area contributed by atoms with Gasteiger partial charge in [-0.15, -0.1) is 11.3 Å². The molecule has 1 amide bonds. The maximum atomic E-state index is 14.8. The average Bonchev–Trinajstić information content (AvgIpc) is 3.17. The molecule has 0 radical (unpaired) electrons. The van der Waals surface area contributed by atoms with Gasteiger partial charge < -0.3 is 4.90 Å². The van der Waals surface area contributed by atoms with E-state index in [1.165, 1.54) is 11.1 Å². The summed E-state index contributed by atoms with van der Waals surface area (Å²) in [6.07, 6.45) is -2.38. The second-order valence-corrected chi connectivity index (χ2v) is 6.06. The number of halogens is 4. The zero-order chi connectivity index (χ0) is 17.4. The molecule has 0 saturated carbocycles. The summed E-state index contributed by atoms with van der Waals surface area (Å²) in [5.74, 6) is -1.14. The minimum atomic E-state index is -4.62. The number of thiazole rings is 1. The Morgan fingerprint density at radius 1 is 1.33 bits per heavy atom. The van der Waals surface area contributed by atoms with E-state index < -0.39 is 30.0 Å². The number of aromatic nitrogens is 3. The molecule has 1 atom stereocenters. The van der Waals surface area contributed by atoms with Crippen molar-refractivity contribution in [1.29, 1.82) is 0 Å². The molecule has 1 unspecified atom stereocenters. The quantitative estimate of drug-likeness (QED) is 0.851. The van der Waals surface area contributed by atoms with E-state index >= 15 is 0 Å². The van der Waals surface area contributed by atoms with Gasteiger partial charge >= 0.3 is 6.18 Å². The van der Waals surface area contributed by atoms with Gasteiger partial charge in [0.25, 0.3) is 5.91 Å². The highest BCUT2D eigenvalue weighted by molar-refractivity contribution is 7.13. The van der Waals surface area contributed by atoms with Crippen molar-refractivity contribution in [1.82, 2.24) is 15.0 Å². The molecule has 11 heteroatoms. The molecule has 0 aromatic carbocycles. The molecule has 0 aliphatic carbocycles. The van der Waals surface area contributed by atoms with Crippen LogP contribution in [0.4, 0.5) is 28.6 Å². The molecule has 0 spiro atoms. The largest absolute Gasteiger partial charge is 0.433 e. The fourth-order valence-electron chi connectivity index (χ4n) is 2.28. The normalized spacial score (nSPS) is 21.1. The second kappa shape index (κ2) is 5.96. The van der Waals surface area contributed by atoms with Crippen molar-refractivity contribution in [3.05, 3.63) is 29.5 Å². The number of hydrogen-bond acceptors (Lipinski definition) is 6. The molecule has 0 bridgehead atoms. The molecule has 1 aliphatic rings. The molecule has 128 valence electrons. The molecule has 3 rings (SSSR count). The molecule has 24 heavy (non-hydrogen) atoms. The van der Waals surface area contributed by atoms with E-state index in [-0.39, 0.29) is 24.0 Å². The predicted octanol–water partition coefficient (Wildman–Crippen LogP) is 2.51. The number of nitrogens with zero attached hydrogens (tertiary/aromatic N) is 4. The van der Waals surface area contributed by atoms with Crippen molar-refractivity contribution in [3.8, 4) is 0 Å². The Labute approximate surface area is 137 Å². The average molecular weight is 361 g/mol. The molecular formula is C13H11F4N5OS. The van der Waals surface area contributed by atoms with Crippen LogP contribution in [0.15, 0.2) is 23.8 Å². The first-order valence-corrected chi connectivity index (χ1v) is 7.71. The summed E-state index contributed by atoms with van der Waals surface area (Å²) in [5, 5.41) is 4.24. The Morgan fingerprint density at radius 2 is 2.12 bits per heavy atom. The van der Waals surface area contributed by atoms with Crippen LogP contribution in [0.3, 0.4) is 0 Å². The zero-order valence-corrected chi connectivity index (χ0v) is 12.9. The highest BCUT2D eigenvalue weighted by atomic mass is 32.1. The molecular weight excluding hydrogens is 350 g/mol. The van der Waals surface area contributed by atoms with E-state index in [1.54, 1.807) is 5.38 Å². The first kappa shape index (κ1) is 16.6. The smallest absolute Gasteiger partial charge is 0.337 e. The number of amides is 1. The van der Waals surface area contributed by atoms with Gasteiger partial charge in [0, 0.05) is 30.7 Å². The van der Waals surface area contributed by atoms with Crippen LogP contribution in [-0.4, -0.2) is 39.6 Å². The molecule has 1 saturated heterocycles. The minimum Gasteiger partial charge on any atom is -0.337 e. The Kier molecular flexibility index (Phi) is 4.11. The number of anilines is 2. The monoisotopic (exact) mass is 361 g/mol. The summed E-state index contributed by atoms with van der Waals surface area (Å²) in [6.45, 7) is -0.394. The molecule has 1 N–H and O–H groups in total. The number of carbonyl (C=O) groups is 1. The third kappa shape index (κ3) is 3.30. The van der Waals surface area contributed by atoms with Crippen LogP contribution in [0, 0.1) is 0 Å². The fourth-order valence-corrected chi connectivity index (χ4v) is 2.81. The van der Waals surface area contributed by atoms with Crippen LogP contribution < -0.4 is 10.2 Å². The lowest BCUT2D eigenvalue weighted by atomic mass is 10.1. The van der Waals surface area contributed by atoms with Gasteiger partial charge in [-0.05, 0) is 6.07 Å². The first-order valence-electron chi connectivity index (χ1n) is 6.83. The summed E-state index contributed by atoms with van der Waals surface area (Å²) in [7, 11) is 0. The topological polar surface area (TPSA) is 71.0 Å². The van der Waals surface area contributed by atoms with E-state index in [1.807, 2.05) is 0 Å². The van der Waals surface area contributed by atoms with Crippen molar-refractivity contribution in [2.45, 2.75) is 18.3 Å². The third-order valence-corrected chi connectivity index (χ3v) is 4.18. The third-order valence-electron chi connectivity index (χ3n) is 3.50.